The van der Waals surface area contributed by atoms with E-state index in [4.69, 9.17) is 4.74 Å². The third kappa shape index (κ3) is 2.15. The maximum absolute atomic E-state index is 11.6. The predicted octanol–water partition coefficient (Wildman–Crippen LogP) is 5.16. The number of esters is 1. The third-order valence-corrected chi connectivity index (χ3v) is 4.38. The molecule has 0 fully saturated rings. The molecule has 2 nitrogen and oxygen atoms in total. The molecule has 0 aliphatic rings. The van der Waals surface area contributed by atoms with Gasteiger partial charge < -0.3 is 4.74 Å². The minimum atomic E-state index is -0.296. The molecule has 0 saturated heterocycles. The molecule has 0 spiro atoms. The van der Waals surface area contributed by atoms with E-state index in [2.05, 4.69) is 54.6 Å². The van der Waals surface area contributed by atoms with Crippen LogP contribution in [0.15, 0.2) is 60.2 Å². The summed E-state index contributed by atoms with van der Waals surface area (Å²) in [6.45, 7) is 1.77. The number of carbonyl (C=O) groups is 1. The molecule has 4 aromatic rings. The number of carbonyl (C=O) groups excluding carboxylic acids is 1. The van der Waals surface area contributed by atoms with Crippen molar-refractivity contribution >= 4 is 44.4 Å². The van der Waals surface area contributed by atoms with Crippen LogP contribution in [0.2, 0.25) is 0 Å². The van der Waals surface area contributed by atoms with Gasteiger partial charge in [-0.2, -0.15) is 0 Å². The molecule has 0 N–H and O–H groups in total. The summed E-state index contributed by atoms with van der Waals surface area (Å²) in [7, 11) is 1.40. The molecule has 0 bridgehead atoms. The lowest BCUT2D eigenvalue weighted by Gasteiger charge is -2.11. The molecule has 4 aromatic carbocycles. The van der Waals surface area contributed by atoms with E-state index in [0.717, 1.165) is 5.56 Å². The number of hydrogen-bond acceptors (Lipinski definition) is 2. The zero-order chi connectivity index (χ0) is 16.0. The van der Waals surface area contributed by atoms with Crippen molar-refractivity contribution in [2.75, 3.05) is 7.11 Å². The maximum Gasteiger partial charge on any atom is 0.333 e. The molecular formula is C21H16O2. The Labute approximate surface area is 134 Å². The predicted molar refractivity (Wildman–Crippen MR) is 95.8 cm³/mol. The average Bonchev–Trinajstić information content (AvgIpc) is 2.58. The maximum atomic E-state index is 11.6. The SMILES string of the molecule is COC(=O)C(C)=Cc1cc2ccc3cccc4ccc(c1)c2c34. The summed E-state index contributed by atoms with van der Waals surface area (Å²) < 4.78 is 4.77. The first-order valence-electron chi connectivity index (χ1n) is 7.61. The number of rotatable bonds is 2. The highest BCUT2D eigenvalue weighted by Gasteiger charge is 2.09. The fourth-order valence-corrected chi connectivity index (χ4v) is 3.33. The smallest absolute Gasteiger partial charge is 0.333 e. The van der Waals surface area contributed by atoms with Gasteiger partial charge in [0, 0.05) is 5.57 Å². The summed E-state index contributed by atoms with van der Waals surface area (Å²) in [6.07, 6.45) is 1.88. The van der Waals surface area contributed by atoms with Gasteiger partial charge in [0.15, 0.2) is 0 Å². The zero-order valence-electron chi connectivity index (χ0n) is 13.1. The van der Waals surface area contributed by atoms with Crippen LogP contribution >= 0.6 is 0 Å². The Kier molecular flexibility index (Phi) is 3.05. The highest BCUT2D eigenvalue weighted by atomic mass is 16.5. The van der Waals surface area contributed by atoms with Crippen molar-refractivity contribution in [3.63, 3.8) is 0 Å². The van der Waals surface area contributed by atoms with Crippen molar-refractivity contribution in [2.45, 2.75) is 6.92 Å². The van der Waals surface area contributed by atoms with Gasteiger partial charge in [-0.3, -0.25) is 0 Å². The molecule has 0 aliphatic heterocycles. The first-order chi connectivity index (χ1) is 11.2. The Balaban J connectivity index is 2.02. The summed E-state index contributed by atoms with van der Waals surface area (Å²) in [5.74, 6) is -0.296. The van der Waals surface area contributed by atoms with E-state index in [-0.39, 0.29) is 5.97 Å². The van der Waals surface area contributed by atoms with Gasteiger partial charge in [-0.1, -0.05) is 42.5 Å². The molecular weight excluding hydrogens is 284 g/mol. The Morgan fingerprint density at radius 3 is 1.96 bits per heavy atom. The average molecular weight is 300 g/mol. The molecule has 0 amide bonds. The molecule has 112 valence electrons. The molecule has 2 heteroatoms. The van der Waals surface area contributed by atoms with Crippen molar-refractivity contribution in [1.29, 1.82) is 0 Å². The lowest BCUT2D eigenvalue weighted by atomic mass is 9.92. The fraction of sp³-hybridized carbons (Fsp3) is 0.0952. The summed E-state index contributed by atoms with van der Waals surface area (Å²) in [4.78, 5) is 11.6. The van der Waals surface area contributed by atoms with Crippen LogP contribution in [0.1, 0.15) is 12.5 Å². The van der Waals surface area contributed by atoms with Crippen LogP contribution in [0.25, 0.3) is 38.4 Å². The van der Waals surface area contributed by atoms with Gasteiger partial charge in [0.25, 0.3) is 0 Å². The van der Waals surface area contributed by atoms with Crippen molar-refractivity contribution in [3.05, 3.63) is 65.7 Å². The van der Waals surface area contributed by atoms with E-state index in [1.165, 1.54) is 39.4 Å². The van der Waals surface area contributed by atoms with E-state index in [9.17, 15) is 4.79 Å². The molecule has 0 heterocycles. The standard InChI is InChI=1S/C21H16O2/c1-13(21(22)23-2)10-14-11-17-8-6-15-4-3-5-16-7-9-18(12-14)20(17)19(15)16/h3-12H,1-2H3. The first kappa shape index (κ1) is 13.8. The van der Waals surface area contributed by atoms with Crippen LogP contribution < -0.4 is 0 Å². The summed E-state index contributed by atoms with van der Waals surface area (Å²) >= 11 is 0. The van der Waals surface area contributed by atoms with Gasteiger partial charge in [-0.25, -0.2) is 4.79 Å². The van der Waals surface area contributed by atoms with Crippen molar-refractivity contribution in [2.24, 2.45) is 0 Å². The molecule has 0 saturated carbocycles. The zero-order valence-corrected chi connectivity index (χ0v) is 13.1. The second kappa shape index (κ2) is 5.10. The number of hydrogen-bond donors (Lipinski definition) is 0. The summed E-state index contributed by atoms with van der Waals surface area (Å²) in [5, 5.41) is 7.49. The quantitative estimate of drug-likeness (QED) is 0.290. The third-order valence-electron chi connectivity index (χ3n) is 4.38. The van der Waals surface area contributed by atoms with E-state index in [1.807, 2.05) is 6.08 Å². The van der Waals surface area contributed by atoms with Gasteiger partial charge in [0.05, 0.1) is 7.11 Å². The molecule has 0 atom stereocenters. The van der Waals surface area contributed by atoms with Gasteiger partial charge in [0.1, 0.15) is 0 Å². The number of benzene rings is 4. The van der Waals surface area contributed by atoms with Gasteiger partial charge in [-0.05, 0) is 63.0 Å². The van der Waals surface area contributed by atoms with Crippen LogP contribution in [0, 0.1) is 0 Å². The Morgan fingerprint density at radius 2 is 1.39 bits per heavy atom. The minimum absolute atomic E-state index is 0.296. The topological polar surface area (TPSA) is 26.3 Å². The van der Waals surface area contributed by atoms with Crippen LogP contribution in [0.3, 0.4) is 0 Å². The number of ether oxygens (including phenoxy) is 1. The Morgan fingerprint density at radius 1 is 0.870 bits per heavy atom. The van der Waals surface area contributed by atoms with Crippen LogP contribution in [-0.4, -0.2) is 13.1 Å². The fourth-order valence-electron chi connectivity index (χ4n) is 3.33. The molecule has 0 unspecified atom stereocenters. The second-order valence-corrected chi connectivity index (χ2v) is 5.87. The highest BCUT2D eigenvalue weighted by molar-refractivity contribution is 6.23. The lowest BCUT2D eigenvalue weighted by molar-refractivity contribution is -0.135. The molecule has 0 aromatic heterocycles. The molecule has 0 radical (unpaired) electrons. The van der Waals surface area contributed by atoms with Crippen LogP contribution in [-0.2, 0) is 9.53 Å². The molecule has 23 heavy (non-hydrogen) atoms. The van der Waals surface area contributed by atoms with Gasteiger partial charge >= 0.3 is 5.97 Å². The van der Waals surface area contributed by atoms with E-state index < -0.39 is 0 Å². The second-order valence-electron chi connectivity index (χ2n) is 5.87. The van der Waals surface area contributed by atoms with Crippen LogP contribution in [0.4, 0.5) is 0 Å². The summed E-state index contributed by atoms with van der Waals surface area (Å²) in [5.41, 5.74) is 1.61. The van der Waals surface area contributed by atoms with Crippen LogP contribution in [0.5, 0.6) is 0 Å². The first-order valence-corrected chi connectivity index (χ1v) is 7.61. The highest BCUT2D eigenvalue weighted by Crippen LogP contribution is 2.35. The van der Waals surface area contributed by atoms with Crippen molar-refractivity contribution in [3.8, 4) is 0 Å². The monoisotopic (exact) mass is 300 g/mol. The Hall–Kier alpha value is -2.87. The van der Waals surface area contributed by atoms with Gasteiger partial charge in [0.2, 0.25) is 0 Å². The van der Waals surface area contributed by atoms with Crippen molar-refractivity contribution < 1.29 is 9.53 Å². The number of methoxy groups -OCH3 is 1. The van der Waals surface area contributed by atoms with E-state index >= 15 is 0 Å². The molecule has 4 rings (SSSR count). The molecule has 0 aliphatic carbocycles. The minimum Gasteiger partial charge on any atom is -0.466 e. The van der Waals surface area contributed by atoms with Gasteiger partial charge in [-0.15, -0.1) is 0 Å². The van der Waals surface area contributed by atoms with Crippen molar-refractivity contribution in [1.82, 2.24) is 0 Å². The van der Waals surface area contributed by atoms with E-state index in [1.54, 1.807) is 6.92 Å². The summed E-state index contributed by atoms with van der Waals surface area (Å²) in [6, 6.07) is 19.3. The largest absolute Gasteiger partial charge is 0.466 e. The van der Waals surface area contributed by atoms with E-state index in [0.29, 0.717) is 5.57 Å². The Bertz CT molecular complexity index is 1010. The lowest BCUT2D eigenvalue weighted by Crippen LogP contribution is -2.00. The normalized spacial score (nSPS) is 12.3.